The summed E-state index contributed by atoms with van der Waals surface area (Å²) in [6, 6.07) is 0. The molecule has 0 atom stereocenters. The van der Waals surface area contributed by atoms with E-state index in [4.69, 9.17) is 0 Å². The summed E-state index contributed by atoms with van der Waals surface area (Å²) in [7, 11) is 0. The van der Waals surface area contributed by atoms with Crippen LogP contribution in [0.15, 0.2) is 23.3 Å². The first-order valence-corrected chi connectivity index (χ1v) is 3.48. The maximum atomic E-state index is 2.30. The van der Waals surface area contributed by atoms with Crippen LogP contribution in [0.3, 0.4) is 0 Å². The molecule has 0 bridgehead atoms. The largest absolute Gasteiger partial charge is 0.227 e. The Balaban J connectivity index is 2.72. The van der Waals surface area contributed by atoms with Crippen molar-refractivity contribution < 1.29 is 0 Å². The van der Waals surface area contributed by atoms with Crippen molar-refractivity contribution in [1.29, 1.82) is 0 Å². The van der Waals surface area contributed by atoms with E-state index >= 15 is 0 Å². The zero-order valence-electron chi connectivity index (χ0n) is 6.15. The standard InChI is InChI=1S/C9H13/c1-8-6-4-3-5-7-9(8)2/h4,6-7H,3,5H2,1-2H3/q-1. The third kappa shape index (κ3) is 1.63. The maximum Gasteiger partial charge on any atom is -0.0481 e. The molecular weight excluding hydrogens is 108 g/mol. The first-order chi connectivity index (χ1) is 4.30. The normalized spacial score (nSPS) is 19.3. The van der Waals surface area contributed by atoms with E-state index < -0.39 is 0 Å². The van der Waals surface area contributed by atoms with E-state index in [0.717, 1.165) is 0 Å². The van der Waals surface area contributed by atoms with E-state index in [-0.39, 0.29) is 0 Å². The Morgan fingerprint density at radius 1 is 1.44 bits per heavy atom. The van der Waals surface area contributed by atoms with Gasteiger partial charge in [0.25, 0.3) is 0 Å². The van der Waals surface area contributed by atoms with E-state index in [1.54, 1.807) is 0 Å². The molecule has 0 amide bonds. The van der Waals surface area contributed by atoms with Crippen molar-refractivity contribution in [3.8, 4) is 0 Å². The van der Waals surface area contributed by atoms with Gasteiger partial charge in [-0.05, 0) is 6.42 Å². The summed E-state index contributed by atoms with van der Waals surface area (Å²) in [6.45, 7) is 4.33. The van der Waals surface area contributed by atoms with Crippen LogP contribution in [0.4, 0.5) is 0 Å². The SMILES string of the molecule is CC1=C(C)[CH-]CCC=C1. The van der Waals surface area contributed by atoms with E-state index in [1.165, 1.54) is 24.0 Å². The average Bonchev–Trinajstić information content (AvgIpc) is 1.99. The van der Waals surface area contributed by atoms with Crippen LogP contribution in [0.5, 0.6) is 0 Å². The molecule has 0 saturated carbocycles. The van der Waals surface area contributed by atoms with Crippen LogP contribution in [-0.4, -0.2) is 0 Å². The fourth-order valence-electron chi connectivity index (χ4n) is 0.949. The van der Waals surface area contributed by atoms with Crippen LogP contribution >= 0.6 is 0 Å². The van der Waals surface area contributed by atoms with Gasteiger partial charge < -0.3 is 0 Å². The number of rotatable bonds is 0. The fraction of sp³-hybridized carbons (Fsp3) is 0.444. The van der Waals surface area contributed by atoms with Crippen molar-refractivity contribution in [3.05, 3.63) is 29.7 Å². The number of hydrogen-bond donors (Lipinski definition) is 0. The highest BCUT2D eigenvalue weighted by atomic mass is 14.0. The summed E-state index contributed by atoms with van der Waals surface area (Å²) >= 11 is 0. The quantitative estimate of drug-likeness (QED) is 0.432. The summed E-state index contributed by atoms with van der Waals surface area (Å²) < 4.78 is 0. The van der Waals surface area contributed by atoms with Crippen LogP contribution in [0.1, 0.15) is 26.7 Å². The van der Waals surface area contributed by atoms with Gasteiger partial charge in [-0.3, -0.25) is 0 Å². The lowest BCUT2D eigenvalue weighted by Crippen LogP contribution is -1.78. The Hall–Kier alpha value is -0.650. The van der Waals surface area contributed by atoms with Gasteiger partial charge in [-0.25, -0.2) is 12.0 Å². The first-order valence-electron chi connectivity index (χ1n) is 3.48. The van der Waals surface area contributed by atoms with Crippen molar-refractivity contribution in [2.75, 3.05) is 0 Å². The molecule has 1 aliphatic carbocycles. The Bertz CT molecular complexity index is 149. The molecule has 0 heteroatoms. The highest BCUT2D eigenvalue weighted by Gasteiger charge is 1.86. The smallest absolute Gasteiger partial charge is 0.0481 e. The van der Waals surface area contributed by atoms with E-state index in [2.05, 4.69) is 32.4 Å². The van der Waals surface area contributed by atoms with Gasteiger partial charge in [0.1, 0.15) is 0 Å². The molecule has 1 aliphatic rings. The molecule has 0 aromatic rings. The van der Waals surface area contributed by atoms with Crippen molar-refractivity contribution >= 4 is 0 Å². The van der Waals surface area contributed by atoms with Gasteiger partial charge in [0.15, 0.2) is 0 Å². The molecule has 0 saturated heterocycles. The fourth-order valence-corrected chi connectivity index (χ4v) is 0.949. The maximum absolute atomic E-state index is 2.30. The molecule has 0 unspecified atom stereocenters. The van der Waals surface area contributed by atoms with Crippen LogP contribution in [-0.2, 0) is 0 Å². The summed E-state index contributed by atoms with van der Waals surface area (Å²) in [5, 5.41) is 0. The van der Waals surface area contributed by atoms with Crippen molar-refractivity contribution in [3.63, 3.8) is 0 Å². The minimum atomic E-state index is 1.20. The van der Waals surface area contributed by atoms with Gasteiger partial charge in [0.05, 0.1) is 0 Å². The molecule has 50 valence electrons. The third-order valence-electron chi connectivity index (χ3n) is 1.77. The molecule has 0 N–H and O–H groups in total. The lowest BCUT2D eigenvalue weighted by atomic mass is 10.1. The minimum absolute atomic E-state index is 1.20. The van der Waals surface area contributed by atoms with E-state index in [0.29, 0.717) is 0 Å². The van der Waals surface area contributed by atoms with Crippen molar-refractivity contribution in [1.82, 2.24) is 0 Å². The Kier molecular flexibility index (Phi) is 1.99. The van der Waals surface area contributed by atoms with Gasteiger partial charge in [0, 0.05) is 0 Å². The number of hydrogen-bond acceptors (Lipinski definition) is 0. The molecule has 0 nitrogen and oxygen atoms in total. The summed E-state index contributed by atoms with van der Waals surface area (Å²) in [6.07, 6.45) is 9.16. The van der Waals surface area contributed by atoms with Crippen LogP contribution in [0.2, 0.25) is 0 Å². The second kappa shape index (κ2) is 2.77. The Morgan fingerprint density at radius 2 is 2.22 bits per heavy atom. The van der Waals surface area contributed by atoms with Crippen LogP contribution in [0.25, 0.3) is 0 Å². The van der Waals surface area contributed by atoms with Gasteiger partial charge in [0.2, 0.25) is 0 Å². The van der Waals surface area contributed by atoms with Crippen LogP contribution < -0.4 is 0 Å². The average molecular weight is 121 g/mol. The zero-order valence-corrected chi connectivity index (χ0v) is 6.15. The lowest BCUT2D eigenvalue weighted by molar-refractivity contribution is 0.989. The Morgan fingerprint density at radius 3 is 3.00 bits per heavy atom. The molecule has 0 fully saturated rings. The highest BCUT2D eigenvalue weighted by molar-refractivity contribution is 5.29. The van der Waals surface area contributed by atoms with Gasteiger partial charge in [-0.15, -0.1) is 19.1 Å². The molecule has 0 aliphatic heterocycles. The highest BCUT2D eigenvalue weighted by Crippen LogP contribution is 2.15. The number of allylic oxidation sites excluding steroid dienone is 4. The predicted octanol–water partition coefficient (Wildman–Crippen LogP) is 2.88. The third-order valence-corrected chi connectivity index (χ3v) is 1.77. The molecule has 9 heavy (non-hydrogen) atoms. The predicted molar refractivity (Wildman–Crippen MR) is 41.0 cm³/mol. The Labute approximate surface area is 57.3 Å². The summed E-state index contributed by atoms with van der Waals surface area (Å²) in [5.74, 6) is 0. The topological polar surface area (TPSA) is 0 Å². The van der Waals surface area contributed by atoms with E-state index in [9.17, 15) is 0 Å². The molecule has 0 heterocycles. The second-order valence-corrected chi connectivity index (χ2v) is 2.55. The molecule has 0 aromatic heterocycles. The van der Waals surface area contributed by atoms with Gasteiger partial charge >= 0.3 is 0 Å². The van der Waals surface area contributed by atoms with Gasteiger partial charge in [-0.1, -0.05) is 13.3 Å². The molecule has 0 aromatic carbocycles. The molecular formula is C9H13-. The van der Waals surface area contributed by atoms with Crippen molar-refractivity contribution in [2.24, 2.45) is 0 Å². The minimum Gasteiger partial charge on any atom is -0.227 e. The lowest BCUT2D eigenvalue weighted by Gasteiger charge is -2.10. The monoisotopic (exact) mass is 121 g/mol. The summed E-state index contributed by atoms with van der Waals surface area (Å²) in [4.78, 5) is 0. The van der Waals surface area contributed by atoms with Gasteiger partial charge in [-0.2, -0.15) is 5.57 Å². The molecule has 1 rings (SSSR count). The van der Waals surface area contributed by atoms with E-state index in [1.807, 2.05) is 0 Å². The van der Waals surface area contributed by atoms with Crippen molar-refractivity contribution in [2.45, 2.75) is 26.7 Å². The van der Waals surface area contributed by atoms with Crippen LogP contribution in [0, 0.1) is 6.42 Å². The zero-order chi connectivity index (χ0) is 6.69. The molecule has 0 spiro atoms. The summed E-state index contributed by atoms with van der Waals surface area (Å²) in [5.41, 5.74) is 2.84. The molecule has 0 radical (unpaired) electrons. The second-order valence-electron chi connectivity index (χ2n) is 2.55. The first kappa shape index (κ1) is 6.47.